The van der Waals surface area contributed by atoms with Crippen molar-refractivity contribution in [2.45, 2.75) is 30.8 Å². The summed E-state index contributed by atoms with van der Waals surface area (Å²) in [7, 11) is 0. The van der Waals surface area contributed by atoms with Gasteiger partial charge in [-0.25, -0.2) is 0 Å². The molecule has 0 radical (unpaired) electrons. The molecule has 0 aromatic heterocycles. The van der Waals surface area contributed by atoms with Gasteiger partial charge in [0.05, 0.1) is 0 Å². The molecule has 0 bridgehead atoms. The maximum absolute atomic E-state index is 2.28. The van der Waals surface area contributed by atoms with E-state index in [1.54, 1.807) is 0 Å². The third kappa shape index (κ3) is 0.700. The van der Waals surface area contributed by atoms with Crippen LogP contribution < -0.4 is 0 Å². The Balaban J connectivity index is 2.11. The molecular formula is C5H10S. The molecule has 1 aliphatic rings. The van der Waals surface area contributed by atoms with Gasteiger partial charge >= 0.3 is 0 Å². The Labute approximate surface area is 43.3 Å². The first kappa shape index (κ1) is 4.51. The molecule has 0 aromatic carbocycles. The van der Waals surface area contributed by atoms with Crippen molar-refractivity contribution in [2.75, 3.05) is 0 Å². The van der Waals surface area contributed by atoms with Crippen LogP contribution in [0.25, 0.3) is 0 Å². The normalized spacial score (nSPS) is 45.0. The van der Waals surface area contributed by atoms with Gasteiger partial charge in [-0.05, 0) is 6.42 Å². The van der Waals surface area contributed by atoms with E-state index in [0.29, 0.717) is 0 Å². The summed E-state index contributed by atoms with van der Waals surface area (Å²) in [5.41, 5.74) is 0. The van der Waals surface area contributed by atoms with E-state index in [-0.39, 0.29) is 0 Å². The van der Waals surface area contributed by atoms with Gasteiger partial charge in [0.1, 0.15) is 0 Å². The highest BCUT2D eigenvalue weighted by Gasteiger charge is 2.20. The molecule has 6 heavy (non-hydrogen) atoms. The van der Waals surface area contributed by atoms with E-state index in [4.69, 9.17) is 0 Å². The number of thioether (sulfide) groups is 1. The van der Waals surface area contributed by atoms with Crippen molar-refractivity contribution in [1.82, 2.24) is 0 Å². The van der Waals surface area contributed by atoms with E-state index in [2.05, 4.69) is 25.6 Å². The molecule has 0 N–H and O–H groups in total. The molecule has 0 aromatic rings. The van der Waals surface area contributed by atoms with Crippen molar-refractivity contribution in [3.05, 3.63) is 0 Å². The fourth-order valence-electron chi connectivity index (χ4n) is 0.853. The van der Waals surface area contributed by atoms with Gasteiger partial charge in [0.2, 0.25) is 0 Å². The van der Waals surface area contributed by atoms with Crippen LogP contribution in [0.15, 0.2) is 0 Å². The van der Waals surface area contributed by atoms with E-state index in [1.807, 2.05) is 0 Å². The fourth-order valence-corrected chi connectivity index (χ4v) is 2.09. The van der Waals surface area contributed by atoms with Crippen molar-refractivity contribution < 1.29 is 0 Å². The maximum atomic E-state index is 2.28. The molecule has 1 fully saturated rings. The van der Waals surface area contributed by atoms with Gasteiger partial charge in [-0.1, -0.05) is 13.8 Å². The smallest absolute Gasteiger partial charge is 0.00318 e. The zero-order valence-corrected chi connectivity index (χ0v) is 5.09. The van der Waals surface area contributed by atoms with Crippen LogP contribution in [0, 0.1) is 0 Å². The highest BCUT2D eigenvalue weighted by Crippen LogP contribution is 2.34. The summed E-state index contributed by atoms with van der Waals surface area (Å²) in [5.74, 6) is 0. The highest BCUT2D eigenvalue weighted by atomic mass is 32.2. The maximum Gasteiger partial charge on any atom is 0.00318 e. The van der Waals surface area contributed by atoms with Gasteiger partial charge in [0, 0.05) is 10.5 Å². The number of hydrogen-bond donors (Lipinski definition) is 0. The molecular weight excluding hydrogens is 92.1 g/mol. The third-order valence-electron chi connectivity index (χ3n) is 1.13. The van der Waals surface area contributed by atoms with Crippen LogP contribution in [-0.2, 0) is 0 Å². The monoisotopic (exact) mass is 102 g/mol. The minimum Gasteiger partial charge on any atom is -0.156 e. The van der Waals surface area contributed by atoms with Gasteiger partial charge < -0.3 is 0 Å². The molecule has 0 spiro atoms. The zero-order chi connectivity index (χ0) is 4.57. The lowest BCUT2D eigenvalue weighted by Gasteiger charge is -2.28. The van der Waals surface area contributed by atoms with E-state index in [1.165, 1.54) is 6.42 Å². The van der Waals surface area contributed by atoms with E-state index < -0.39 is 0 Å². The second-order valence-electron chi connectivity index (χ2n) is 1.99. The van der Waals surface area contributed by atoms with Gasteiger partial charge in [0.25, 0.3) is 0 Å². The van der Waals surface area contributed by atoms with Crippen LogP contribution in [0.5, 0.6) is 0 Å². The molecule has 0 aliphatic carbocycles. The Morgan fingerprint density at radius 3 is 1.67 bits per heavy atom. The standard InChI is InChI=1S/C5H10S/c1-4-3-5(2)6-4/h4-5H,3H2,1-2H3/t4-,5?/m1/s1. The zero-order valence-electron chi connectivity index (χ0n) is 4.27. The van der Waals surface area contributed by atoms with Crippen molar-refractivity contribution in [1.29, 1.82) is 0 Å². The van der Waals surface area contributed by atoms with Crippen molar-refractivity contribution in [2.24, 2.45) is 0 Å². The second kappa shape index (κ2) is 1.45. The van der Waals surface area contributed by atoms with Crippen LogP contribution in [-0.4, -0.2) is 10.5 Å². The van der Waals surface area contributed by atoms with Crippen LogP contribution in [0.1, 0.15) is 20.3 Å². The Morgan fingerprint density at radius 2 is 1.67 bits per heavy atom. The van der Waals surface area contributed by atoms with Gasteiger partial charge in [-0.3, -0.25) is 0 Å². The summed E-state index contributed by atoms with van der Waals surface area (Å²) >= 11 is 2.08. The first-order valence-electron chi connectivity index (χ1n) is 2.44. The van der Waals surface area contributed by atoms with E-state index >= 15 is 0 Å². The topological polar surface area (TPSA) is 0 Å². The minimum atomic E-state index is 0.958. The van der Waals surface area contributed by atoms with Crippen LogP contribution in [0.4, 0.5) is 0 Å². The number of rotatable bonds is 0. The quantitative estimate of drug-likeness (QED) is 0.450. The molecule has 0 saturated carbocycles. The lowest BCUT2D eigenvalue weighted by Crippen LogP contribution is -2.19. The summed E-state index contributed by atoms with van der Waals surface area (Å²) in [6.45, 7) is 4.56. The molecule has 0 amide bonds. The van der Waals surface area contributed by atoms with Crippen LogP contribution in [0.3, 0.4) is 0 Å². The van der Waals surface area contributed by atoms with Crippen molar-refractivity contribution in [3.8, 4) is 0 Å². The first-order chi connectivity index (χ1) is 2.79. The summed E-state index contributed by atoms with van der Waals surface area (Å²) < 4.78 is 0. The SMILES string of the molecule is CC1C[C@@H](C)S1. The predicted molar refractivity (Wildman–Crippen MR) is 31.1 cm³/mol. The summed E-state index contributed by atoms with van der Waals surface area (Å²) in [4.78, 5) is 0. The van der Waals surface area contributed by atoms with Gasteiger partial charge in [-0.15, -0.1) is 0 Å². The highest BCUT2D eigenvalue weighted by molar-refractivity contribution is 8.01. The fraction of sp³-hybridized carbons (Fsp3) is 1.00. The molecule has 2 atom stereocenters. The molecule has 1 aliphatic heterocycles. The predicted octanol–water partition coefficient (Wildman–Crippen LogP) is 1.90. The Hall–Kier alpha value is 0.350. The molecule has 0 nitrogen and oxygen atoms in total. The molecule has 36 valence electrons. The van der Waals surface area contributed by atoms with Crippen molar-refractivity contribution >= 4 is 11.8 Å². The molecule has 1 saturated heterocycles. The van der Waals surface area contributed by atoms with Gasteiger partial charge in [-0.2, -0.15) is 11.8 Å². The average molecular weight is 102 g/mol. The summed E-state index contributed by atoms with van der Waals surface area (Å²) in [5, 5.41) is 1.92. The van der Waals surface area contributed by atoms with Crippen LogP contribution >= 0.6 is 11.8 Å². The molecule has 1 rings (SSSR count). The largest absolute Gasteiger partial charge is 0.156 e. The minimum absolute atomic E-state index is 0.958. The summed E-state index contributed by atoms with van der Waals surface area (Å²) in [6, 6.07) is 0. The molecule has 1 heterocycles. The lowest BCUT2D eigenvalue weighted by atomic mass is 10.2. The van der Waals surface area contributed by atoms with E-state index in [9.17, 15) is 0 Å². The van der Waals surface area contributed by atoms with E-state index in [0.717, 1.165) is 10.5 Å². The average Bonchev–Trinajstić information content (AvgIpc) is 1.33. The second-order valence-corrected chi connectivity index (χ2v) is 3.87. The molecule has 1 unspecified atom stereocenters. The Kier molecular flexibility index (Phi) is 1.09. The summed E-state index contributed by atoms with van der Waals surface area (Å²) in [6.07, 6.45) is 1.44. The lowest BCUT2D eigenvalue weighted by molar-refractivity contribution is 0.740. The first-order valence-corrected chi connectivity index (χ1v) is 3.39. The van der Waals surface area contributed by atoms with Gasteiger partial charge in [0.15, 0.2) is 0 Å². The third-order valence-corrected chi connectivity index (χ3v) is 2.44. The Bertz CT molecular complexity index is 39.9. The number of hydrogen-bond acceptors (Lipinski definition) is 1. The van der Waals surface area contributed by atoms with Crippen molar-refractivity contribution in [3.63, 3.8) is 0 Å². The Morgan fingerprint density at radius 1 is 1.33 bits per heavy atom. The van der Waals surface area contributed by atoms with Crippen LogP contribution in [0.2, 0.25) is 0 Å². The molecule has 1 heteroatoms.